The average Bonchev–Trinajstić information content (AvgIpc) is 3.66. The second-order valence-electron chi connectivity index (χ2n) is 14.5. The van der Waals surface area contributed by atoms with Crippen molar-refractivity contribution >= 4 is 27.2 Å². The van der Waals surface area contributed by atoms with Crippen LogP contribution in [0, 0.1) is 0 Å². The maximum absolute atomic E-state index is 5.28. The first-order valence-corrected chi connectivity index (χ1v) is 19.7. The fourth-order valence-electron chi connectivity index (χ4n) is 7.92. The molecule has 11 aromatic rings. The van der Waals surface area contributed by atoms with E-state index >= 15 is 0 Å². The molecule has 0 amide bonds. The van der Waals surface area contributed by atoms with Gasteiger partial charge < -0.3 is 0 Å². The minimum atomic E-state index is 0.624. The fraction of sp³-hybridized carbons (Fsp3) is 0. The van der Waals surface area contributed by atoms with E-state index in [9.17, 15) is 0 Å². The van der Waals surface area contributed by atoms with Crippen molar-refractivity contribution in [2.24, 2.45) is 0 Å². The minimum Gasteiger partial charge on any atom is -0.277 e. The maximum atomic E-state index is 5.28. The molecule has 0 unspecified atom stereocenters. The monoisotopic (exact) mass is 754 g/mol. The molecule has 11 rings (SSSR count). The van der Waals surface area contributed by atoms with Crippen molar-refractivity contribution in [3.63, 3.8) is 0 Å². The Hall–Kier alpha value is -8.09. The number of hydrogen-bond acceptors (Lipinski definition) is 5. The van der Waals surface area contributed by atoms with E-state index in [1.807, 2.05) is 54.6 Å². The van der Waals surface area contributed by atoms with Gasteiger partial charge in [-0.2, -0.15) is 0 Å². The van der Waals surface area contributed by atoms with Crippen LogP contribution in [0.1, 0.15) is 0 Å². The van der Waals surface area contributed by atoms with Gasteiger partial charge in [-0.15, -0.1) is 0 Å². The molecule has 0 aliphatic rings. The van der Waals surface area contributed by atoms with Crippen molar-refractivity contribution in [3.05, 3.63) is 206 Å². The molecule has 6 nitrogen and oxygen atoms in total. The molecule has 0 aliphatic carbocycles. The van der Waals surface area contributed by atoms with Gasteiger partial charge >= 0.3 is 0 Å². The van der Waals surface area contributed by atoms with Crippen LogP contribution in [0.3, 0.4) is 0 Å². The summed E-state index contributed by atoms with van der Waals surface area (Å²) in [6.07, 6.45) is 0. The Morgan fingerprint density at radius 2 is 0.695 bits per heavy atom. The maximum Gasteiger partial charge on any atom is 0.164 e. The Morgan fingerprint density at radius 3 is 1.31 bits per heavy atom. The first kappa shape index (κ1) is 34.2. The zero-order chi connectivity index (χ0) is 39.1. The fourth-order valence-corrected chi connectivity index (χ4v) is 7.92. The molecule has 0 atom stereocenters. The molecule has 0 saturated heterocycles. The summed E-state index contributed by atoms with van der Waals surface area (Å²) >= 11 is 0. The number of aromatic nitrogens is 6. The molecular weight excluding hydrogens is 721 g/mol. The normalized spacial score (nSPS) is 11.4. The predicted octanol–water partition coefficient (Wildman–Crippen LogP) is 12.9. The van der Waals surface area contributed by atoms with E-state index in [4.69, 9.17) is 24.9 Å². The molecule has 0 N–H and O–H groups in total. The lowest BCUT2D eigenvalue weighted by Gasteiger charge is -2.13. The molecule has 0 aliphatic heterocycles. The molecule has 3 heterocycles. The van der Waals surface area contributed by atoms with Crippen molar-refractivity contribution in [1.82, 2.24) is 29.3 Å². The predicted molar refractivity (Wildman–Crippen MR) is 239 cm³/mol. The summed E-state index contributed by atoms with van der Waals surface area (Å²) in [7, 11) is 0. The van der Waals surface area contributed by atoms with Gasteiger partial charge in [0.15, 0.2) is 23.3 Å². The molecule has 0 fully saturated rings. The summed E-state index contributed by atoms with van der Waals surface area (Å²) < 4.78 is 2.22. The Morgan fingerprint density at radius 1 is 0.271 bits per heavy atom. The van der Waals surface area contributed by atoms with E-state index in [1.165, 1.54) is 5.39 Å². The summed E-state index contributed by atoms with van der Waals surface area (Å²) in [5.41, 5.74) is 9.99. The SMILES string of the molecule is c1ccc(-c2nc(-c3ccc(-c4ccc(-c5nc(-c6ccccc6)nc6c7ccccc7c(-c7ccccc7)n56)cc4)cc3)nc(-c3ccc4ccccc4c3)n2)cc1. The van der Waals surface area contributed by atoms with Crippen molar-refractivity contribution in [2.75, 3.05) is 0 Å². The van der Waals surface area contributed by atoms with E-state index in [0.717, 1.165) is 77.8 Å². The van der Waals surface area contributed by atoms with Crippen LogP contribution >= 0.6 is 0 Å². The van der Waals surface area contributed by atoms with E-state index in [1.54, 1.807) is 0 Å². The lowest BCUT2D eigenvalue weighted by Crippen LogP contribution is -2.03. The van der Waals surface area contributed by atoms with Crippen LogP contribution in [-0.4, -0.2) is 29.3 Å². The highest BCUT2D eigenvalue weighted by atomic mass is 15.1. The summed E-state index contributed by atoms with van der Waals surface area (Å²) in [5.74, 6) is 3.42. The van der Waals surface area contributed by atoms with E-state index in [0.29, 0.717) is 23.3 Å². The van der Waals surface area contributed by atoms with Gasteiger partial charge in [-0.3, -0.25) is 4.40 Å². The van der Waals surface area contributed by atoms with Gasteiger partial charge in [0.25, 0.3) is 0 Å². The van der Waals surface area contributed by atoms with Crippen LogP contribution < -0.4 is 0 Å². The second-order valence-corrected chi connectivity index (χ2v) is 14.5. The van der Waals surface area contributed by atoms with E-state index in [-0.39, 0.29) is 0 Å². The molecular formula is C53H34N6. The summed E-state index contributed by atoms with van der Waals surface area (Å²) in [5, 5.41) is 4.54. The molecule has 59 heavy (non-hydrogen) atoms. The van der Waals surface area contributed by atoms with Crippen molar-refractivity contribution in [2.45, 2.75) is 0 Å². The molecule has 276 valence electrons. The third-order valence-corrected chi connectivity index (χ3v) is 10.9. The van der Waals surface area contributed by atoms with Crippen LogP contribution in [0.15, 0.2) is 206 Å². The van der Waals surface area contributed by atoms with Crippen LogP contribution in [-0.2, 0) is 0 Å². The zero-order valence-electron chi connectivity index (χ0n) is 31.8. The standard InChI is InChI=1S/C53H34N6/c1-4-15-38(16-5-1)47-45-22-12-13-23-46(45)53-58-50(40-19-8-3-9-20-40)57-52(59(47)53)42-31-26-37(27-32-42)36-24-29-41(30-25-36)49-54-48(39-17-6-2-7-18-39)55-51(56-49)44-33-28-35-14-10-11-21-43(35)34-44/h1-34H. The van der Waals surface area contributed by atoms with Crippen molar-refractivity contribution < 1.29 is 0 Å². The molecule has 6 heteroatoms. The molecule has 0 radical (unpaired) electrons. The largest absolute Gasteiger partial charge is 0.277 e. The Bertz CT molecular complexity index is 3290. The van der Waals surface area contributed by atoms with Crippen molar-refractivity contribution in [1.29, 1.82) is 0 Å². The molecule has 0 bridgehead atoms. The van der Waals surface area contributed by atoms with Gasteiger partial charge in [-0.05, 0) is 33.5 Å². The first-order valence-electron chi connectivity index (χ1n) is 19.7. The van der Waals surface area contributed by atoms with Gasteiger partial charge in [0.2, 0.25) is 0 Å². The number of fused-ring (bicyclic) bond motifs is 4. The molecule has 0 spiro atoms. The number of benzene rings is 8. The van der Waals surface area contributed by atoms with Crippen LogP contribution in [0.25, 0.3) is 107 Å². The van der Waals surface area contributed by atoms with Crippen LogP contribution in [0.4, 0.5) is 0 Å². The molecule has 8 aromatic carbocycles. The molecule has 3 aromatic heterocycles. The van der Waals surface area contributed by atoms with E-state index in [2.05, 4.69) is 156 Å². The Labute approximate surface area is 340 Å². The summed E-state index contributed by atoms with van der Waals surface area (Å²) in [6, 6.07) is 71.1. The lowest BCUT2D eigenvalue weighted by molar-refractivity contribution is 1.05. The van der Waals surface area contributed by atoms with Crippen LogP contribution in [0.5, 0.6) is 0 Å². The average molecular weight is 755 g/mol. The number of rotatable bonds is 7. The Kier molecular flexibility index (Phi) is 8.37. The lowest BCUT2D eigenvalue weighted by atomic mass is 10.0. The van der Waals surface area contributed by atoms with Gasteiger partial charge in [0.05, 0.1) is 5.69 Å². The third kappa shape index (κ3) is 6.29. The smallest absolute Gasteiger partial charge is 0.164 e. The van der Waals surface area contributed by atoms with Gasteiger partial charge in [-0.1, -0.05) is 200 Å². The number of hydrogen-bond donors (Lipinski definition) is 0. The summed E-state index contributed by atoms with van der Waals surface area (Å²) in [4.78, 5) is 25.4. The quantitative estimate of drug-likeness (QED) is 0.162. The van der Waals surface area contributed by atoms with Gasteiger partial charge in [-0.25, -0.2) is 24.9 Å². The second kappa shape index (κ2) is 14.4. The highest BCUT2D eigenvalue weighted by Gasteiger charge is 2.21. The molecule has 0 saturated carbocycles. The van der Waals surface area contributed by atoms with Crippen LogP contribution in [0.2, 0.25) is 0 Å². The highest BCUT2D eigenvalue weighted by molar-refractivity contribution is 6.06. The van der Waals surface area contributed by atoms with Gasteiger partial charge in [0, 0.05) is 38.6 Å². The first-order chi connectivity index (χ1) is 29.2. The highest BCUT2D eigenvalue weighted by Crippen LogP contribution is 2.38. The van der Waals surface area contributed by atoms with E-state index < -0.39 is 0 Å². The zero-order valence-corrected chi connectivity index (χ0v) is 31.8. The van der Waals surface area contributed by atoms with Gasteiger partial charge in [0.1, 0.15) is 11.5 Å². The van der Waals surface area contributed by atoms with Crippen molar-refractivity contribution in [3.8, 4) is 79.3 Å². The third-order valence-electron chi connectivity index (χ3n) is 10.9. The number of nitrogens with zero attached hydrogens (tertiary/aromatic N) is 6. The summed E-state index contributed by atoms with van der Waals surface area (Å²) in [6.45, 7) is 0. The minimum absolute atomic E-state index is 0.624. The topological polar surface area (TPSA) is 68.9 Å². The Balaban J connectivity index is 0.989.